The van der Waals surface area contributed by atoms with Crippen LogP contribution in [0, 0.1) is 11.8 Å². The summed E-state index contributed by atoms with van der Waals surface area (Å²) in [5, 5.41) is 18.3. The van der Waals surface area contributed by atoms with E-state index in [0.717, 1.165) is 37.3 Å². The van der Waals surface area contributed by atoms with Gasteiger partial charge in [0.1, 0.15) is 5.82 Å². The predicted molar refractivity (Wildman–Crippen MR) is 99.6 cm³/mol. The van der Waals surface area contributed by atoms with Crippen LogP contribution in [0.3, 0.4) is 0 Å². The summed E-state index contributed by atoms with van der Waals surface area (Å²) >= 11 is 0. The Bertz CT molecular complexity index is 960. The molecule has 0 spiro atoms. The van der Waals surface area contributed by atoms with Crippen molar-refractivity contribution in [2.24, 2.45) is 11.8 Å². The van der Waals surface area contributed by atoms with E-state index in [1.165, 1.54) is 0 Å². The van der Waals surface area contributed by atoms with Gasteiger partial charge in [-0.1, -0.05) is 18.2 Å². The minimum Gasteiger partial charge on any atom is -0.414 e. The lowest BCUT2D eigenvalue weighted by Crippen LogP contribution is -2.25. The molecule has 2 fully saturated rings. The zero-order valence-electron chi connectivity index (χ0n) is 14.7. The number of anilines is 2. The molecule has 2 aliphatic rings. The zero-order valence-corrected chi connectivity index (χ0v) is 14.7. The van der Waals surface area contributed by atoms with E-state index in [1.54, 1.807) is 6.20 Å². The van der Waals surface area contributed by atoms with Gasteiger partial charge in [-0.15, -0.1) is 10.2 Å². The first-order chi connectivity index (χ1) is 13.2. The quantitative estimate of drug-likeness (QED) is 0.725. The van der Waals surface area contributed by atoms with Crippen molar-refractivity contribution < 1.29 is 9.52 Å². The maximum absolute atomic E-state index is 10.1. The fraction of sp³-hybridized carbons (Fsp3) is 0.368. The normalized spacial score (nSPS) is 24.3. The molecule has 1 saturated carbocycles. The Morgan fingerprint density at radius 3 is 2.70 bits per heavy atom. The predicted octanol–water partition coefficient (Wildman–Crippen LogP) is 1.98. The van der Waals surface area contributed by atoms with Gasteiger partial charge in [0.05, 0.1) is 12.3 Å². The van der Waals surface area contributed by atoms with Crippen LogP contribution in [-0.4, -0.2) is 44.5 Å². The van der Waals surface area contributed by atoms with E-state index in [2.05, 4.69) is 25.1 Å². The molecule has 5 rings (SSSR count). The Balaban J connectivity index is 1.44. The average molecular weight is 364 g/mol. The number of aliphatic hydroxyl groups is 1. The molecule has 1 aliphatic carbocycles. The first-order valence-electron chi connectivity index (χ1n) is 9.14. The highest BCUT2D eigenvalue weighted by Gasteiger charge is 2.42. The first kappa shape index (κ1) is 16.2. The molecule has 3 aromatic rings. The van der Waals surface area contributed by atoms with Crippen molar-refractivity contribution in [2.75, 3.05) is 23.7 Å². The monoisotopic (exact) mass is 364 g/mol. The third-order valence-electron chi connectivity index (χ3n) is 5.58. The van der Waals surface area contributed by atoms with Gasteiger partial charge in [0.2, 0.25) is 5.89 Å². The van der Waals surface area contributed by atoms with Crippen molar-refractivity contribution in [3.05, 3.63) is 36.5 Å². The summed E-state index contributed by atoms with van der Waals surface area (Å²) in [6, 6.07) is 9.55. The van der Waals surface area contributed by atoms with E-state index in [9.17, 15) is 5.11 Å². The van der Waals surface area contributed by atoms with Gasteiger partial charge in [0, 0.05) is 24.6 Å². The van der Waals surface area contributed by atoms with Crippen LogP contribution in [0.2, 0.25) is 0 Å². The summed E-state index contributed by atoms with van der Waals surface area (Å²) in [7, 11) is 0. The zero-order chi connectivity index (χ0) is 18.4. The molecule has 2 aromatic heterocycles. The number of nitrogens with zero attached hydrogens (tertiary/aromatic N) is 5. The number of nitrogens with two attached hydrogens (primary N) is 1. The number of hydrogen-bond donors (Lipinski definition) is 2. The molecular formula is C19H20N6O2. The molecule has 0 radical (unpaired) electrons. The number of aliphatic hydroxyl groups excluding tert-OH is 1. The molecule has 138 valence electrons. The van der Waals surface area contributed by atoms with Crippen LogP contribution in [0.25, 0.3) is 23.0 Å². The molecular weight excluding hydrogens is 344 g/mol. The molecule has 8 heteroatoms. The SMILES string of the molecule is Nc1ncc(N2C[C@H]3CCC(O)[C@H]3C2)nc1-c1nnc(-c2ccccc2)o1. The lowest BCUT2D eigenvalue weighted by molar-refractivity contribution is 0.133. The fourth-order valence-corrected chi connectivity index (χ4v) is 4.14. The Hall–Kier alpha value is -3.00. The molecule has 1 saturated heterocycles. The smallest absolute Gasteiger partial charge is 0.270 e. The molecule has 8 nitrogen and oxygen atoms in total. The van der Waals surface area contributed by atoms with Crippen LogP contribution in [-0.2, 0) is 0 Å². The molecule has 3 heterocycles. The maximum atomic E-state index is 10.1. The van der Waals surface area contributed by atoms with Crippen molar-refractivity contribution in [3.8, 4) is 23.0 Å². The summed E-state index contributed by atoms with van der Waals surface area (Å²) in [6.07, 6.45) is 3.40. The highest BCUT2D eigenvalue weighted by molar-refractivity contribution is 5.65. The Morgan fingerprint density at radius 1 is 1.07 bits per heavy atom. The number of rotatable bonds is 3. The van der Waals surface area contributed by atoms with E-state index in [-0.39, 0.29) is 17.8 Å². The van der Waals surface area contributed by atoms with Crippen molar-refractivity contribution in [2.45, 2.75) is 18.9 Å². The van der Waals surface area contributed by atoms with E-state index in [1.807, 2.05) is 30.3 Å². The highest BCUT2D eigenvalue weighted by atomic mass is 16.4. The molecule has 1 aromatic carbocycles. The summed E-state index contributed by atoms with van der Waals surface area (Å²) in [4.78, 5) is 11.1. The number of hydrogen-bond acceptors (Lipinski definition) is 8. The lowest BCUT2D eigenvalue weighted by atomic mass is 10.00. The molecule has 3 N–H and O–H groups in total. The summed E-state index contributed by atoms with van der Waals surface area (Å²) in [6.45, 7) is 1.65. The standard InChI is InChI=1S/C19H20N6O2/c20-17-16(19-24-23-18(27-19)11-4-2-1-3-5-11)22-15(8-21-17)25-9-12-6-7-14(26)13(12)10-25/h1-5,8,12-14,26H,6-7,9-10H2,(H2,20,21)/t12-,13+,14?/m1/s1. The third kappa shape index (κ3) is 2.82. The average Bonchev–Trinajstić information content (AvgIpc) is 3.41. The number of nitrogen functional groups attached to an aromatic ring is 1. The van der Waals surface area contributed by atoms with Crippen LogP contribution >= 0.6 is 0 Å². The summed E-state index contributed by atoms with van der Waals surface area (Å²) in [5.74, 6) is 2.45. The molecule has 3 atom stereocenters. The van der Waals surface area contributed by atoms with Gasteiger partial charge in [-0.3, -0.25) is 0 Å². The van der Waals surface area contributed by atoms with E-state index < -0.39 is 0 Å². The molecule has 0 amide bonds. The van der Waals surface area contributed by atoms with Crippen molar-refractivity contribution in [1.29, 1.82) is 0 Å². The number of benzene rings is 1. The molecule has 0 bridgehead atoms. The lowest BCUT2D eigenvalue weighted by Gasteiger charge is -2.19. The minimum absolute atomic E-state index is 0.217. The second-order valence-corrected chi connectivity index (χ2v) is 7.21. The van der Waals surface area contributed by atoms with E-state index in [0.29, 0.717) is 23.4 Å². The Morgan fingerprint density at radius 2 is 1.89 bits per heavy atom. The molecule has 27 heavy (non-hydrogen) atoms. The second kappa shape index (κ2) is 6.31. The largest absolute Gasteiger partial charge is 0.414 e. The maximum Gasteiger partial charge on any atom is 0.270 e. The fourth-order valence-electron chi connectivity index (χ4n) is 4.14. The van der Waals surface area contributed by atoms with Gasteiger partial charge < -0.3 is 20.2 Å². The van der Waals surface area contributed by atoms with Crippen LogP contribution < -0.4 is 10.6 Å². The molecule has 1 aliphatic heterocycles. The van der Waals surface area contributed by atoms with Crippen molar-refractivity contribution in [3.63, 3.8) is 0 Å². The summed E-state index contributed by atoms with van der Waals surface area (Å²) in [5.41, 5.74) is 7.24. The summed E-state index contributed by atoms with van der Waals surface area (Å²) < 4.78 is 5.78. The number of fused-ring (bicyclic) bond motifs is 1. The molecule has 1 unspecified atom stereocenters. The van der Waals surface area contributed by atoms with Gasteiger partial charge in [0.25, 0.3) is 5.89 Å². The van der Waals surface area contributed by atoms with Crippen molar-refractivity contribution >= 4 is 11.6 Å². The van der Waals surface area contributed by atoms with Gasteiger partial charge >= 0.3 is 0 Å². The van der Waals surface area contributed by atoms with Crippen LogP contribution in [0.1, 0.15) is 12.8 Å². The van der Waals surface area contributed by atoms with E-state index >= 15 is 0 Å². The van der Waals surface area contributed by atoms with Crippen molar-refractivity contribution in [1.82, 2.24) is 20.2 Å². The number of aromatic nitrogens is 4. The Kier molecular flexibility index (Phi) is 3.78. The topological polar surface area (TPSA) is 114 Å². The van der Waals surface area contributed by atoms with Gasteiger partial charge in [-0.05, 0) is 30.9 Å². The van der Waals surface area contributed by atoms with Gasteiger partial charge in [-0.2, -0.15) is 0 Å². The van der Waals surface area contributed by atoms with Crippen LogP contribution in [0.5, 0.6) is 0 Å². The van der Waals surface area contributed by atoms with Gasteiger partial charge in [-0.25, -0.2) is 9.97 Å². The van der Waals surface area contributed by atoms with Crippen LogP contribution in [0.4, 0.5) is 11.6 Å². The van der Waals surface area contributed by atoms with E-state index in [4.69, 9.17) is 10.2 Å². The van der Waals surface area contributed by atoms with Gasteiger partial charge in [0.15, 0.2) is 11.5 Å². The Labute approximate surface area is 156 Å². The first-order valence-corrected chi connectivity index (χ1v) is 9.14. The van der Waals surface area contributed by atoms with Crippen LogP contribution in [0.15, 0.2) is 40.9 Å². The third-order valence-corrected chi connectivity index (χ3v) is 5.58. The second-order valence-electron chi connectivity index (χ2n) is 7.21. The minimum atomic E-state index is -0.217. The highest BCUT2D eigenvalue weighted by Crippen LogP contribution is 2.39.